The van der Waals surface area contributed by atoms with Gasteiger partial charge in [-0.3, -0.25) is 4.90 Å². The second-order valence-corrected chi connectivity index (χ2v) is 4.95. The van der Waals surface area contributed by atoms with Gasteiger partial charge in [0.1, 0.15) is 11.9 Å². The van der Waals surface area contributed by atoms with Crippen molar-refractivity contribution in [2.24, 2.45) is 11.8 Å². The van der Waals surface area contributed by atoms with Crippen molar-refractivity contribution in [3.05, 3.63) is 23.9 Å². The van der Waals surface area contributed by atoms with Crippen LogP contribution in [0.3, 0.4) is 0 Å². The van der Waals surface area contributed by atoms with Crippen LogP contribution in [0.5, 0.6) is 0 Å². The molecule has 1 aromatic heterocycles. The average Bonchev–Trinajstić information content (AvgIpc) is 2.75. The van der Waals surface area contributed by atoms with Crippen molar-refractivity contribution in [3.63, 3.8) is 0 Å². The van der Waals surface area contributed by atoms with E-state index < -0.39 is 12.2 Å². The number of hydrazine groups is 1. The molecule has 1 saturated heterocycles. The Morgan fingerprint density at radius 3 is 2.63 bits per heavy atom. The van der Waals surface area contributed by atoms with E-state index in [1.807, 2.05) is 6.92 Å². The Balaban J connectivity index is 2.26. The summed E-state index contributed by atoms with van der Waals surface area (Å²) in [6.45, 7) is 2.89. The van der Waals surface area contributed by atoms with Crippen LogP contribution in [0.1, 0.15) is 24.9 Å². The number of aromatic nitrogens is 1. The highest BCUT2D eigenvalue weighted by Gasteiger charge is 2.46. The minimum atomic E-state index is -4.30. The first-order valence-electron chi connectivity index (χ1n) is 6.15. The van der Waals surface area contributed by atoms with Gasteiger partial charge in [0, 0.05) is 12.7 Å². The van der Waals surface area contributed by atoms with Gasteiger partial charge >= 0.3 is 6.18 Å². The molecule has 0 saturated carbocycles. The third-order valence-corrected chi connectivity index (χ3v) is 3.38. The number of likely N-dealkylation sites (tertiary alicyclic amines) is 1. The number of nitrogen functional groups attached to an aromatic ring is 1. The molecule has 7 heteroatoms. The Labute approximate surface area is 109 Å². The number of nitrogens with two attached hydrogens (primary N) is 1. The van der Waals surface area contributed by atoms with E-state index in [9.17, 15) is 13.2 Å². The Hall–Kier alpha value is -1.34. The molecular formula is C12H17F3N4. The van der Waals surface area contributed by atoms with Crippen molar-refractivity contribution in [3.8, 4) is 0 Å². The number of rotatable bonds is 3. The normalized spacial score (nSPS) is 22.5. The lowest BCUT2D eigenvalue weighted by Crippen LogP contribution is -2.37. The van der Waals surface area contributed by atoms with Gasteiger partial charge in [0.2, 0.25) is 0 Å². The summed E-state index contributed by atoms with van der Waals surface area (Å²) in [4.78, 5) is 5.33. The summed E-state index contributed by atoms with van der Waals surface area (Å²) >= 11 is 0. The van der Waals surface area contributed by atoms with Crippen LogP contribution in [-0.2, 0) is 0 Å². The van der Waals surface area contributed by atoms with Crippen LogP contribution in [0.4, 0.5) is 19.0 Å². The lowest BCUT2D eigenvalue weighted by Gasteiger charge is -2.29. The Morgan fingerprint density at radius 1 is 1.47 bits per heavy atom. The summed E-state index contributed by atoms with van der Waals surface area (Å²) in [5.74, 6) is 5.80. The van der Waals surface area contributed by atoms with Crippen LogP contribution in [-0.4, -0.2) is 29.1 Å². The molecule has 1 unspecified atom stereocenters. The molecule has 1 aliphatic heterocycles. The van der Waals surface area contributed by atoms with Crippen molar-refractivity contribution in [2.75, 3.05) is 18.5 Å². The van der Waals surface area contributed by atoms with E-state index in [0.29, 0.717) is 24.8 Å². The average molecular weight is 274 g/mol. The summed E-state index contributed by atoms with van der Waals surface area (Å²) in [5.41, 5.74) is 2.46. The van der Waals surface area contributed by atoms with Crippen molar-refractivity contribution in [1.82, 2.24) is 9.88 Å². The highest BCUT2D eigenvalue weighted by molar-refractivity contribution is 5.35. The van der Waals surface area contributed by atoms with Gasteiger partial charge in [-0.15, -0.1) is 0 Å². The van der Waals surface area contributed by atoms with E-state index in [-0.39, 0.29) is 5.56 Å². The highest BCUT2D eigenvalue weighted by Crippen LogP contribution is 2.40. The highest BCUT2D eigenvalue weighted by atomic mass is 19.4. The second kappa shape index (κ2) is 5.34. The number of hydrogen-bond donors (Lipinski definition) is 2. The molecule has 3 N–H and O–H groups in total. The molecule has 0 amide bonds. The van der Waals surface area contributed by atoms with Crippen LogP contribution < -0.4 is 11.3 Å². The number of anilines is 1. The lowest BCUT2D eigenvalue weighted by molar-refractivity contribution is -0.184. The van der Waals surface area contributed by atoms with E-state index in [1.54, 1.807) is 0 Å². The second-order valence-electron chi connectivity index (χ2n) is 4.95. The summed E-state index contributed by atoms with van der Waals surface area (Å²) < 4.78 is 39.8. The van der Waals surface area contributed by atoms with Crippen LogP contribution in [0.25, 0.3) is 0 Å². The molecule has 106 valence electrons. The predicted molar refractivity (Wildman–Crippen MR) is 66.2 cm³/mol. The summed E-state index contributed by atoms with van der Waals surface area (Å²) in [6, 6.07) is 1.29. The van der Waals surface area contributed by atoms with Gasteiger partial charge in [0.05, 0.1) is 0 Å². The smallest absolute Gasteiger partial charge is 0.308 e. The van der Waals surface area contributed by atoms with E-state index in [2.05, 4.69) is 10.4 Å². The van der Waals surface area contributed by atoms with Gasteiger partial charge in [-0.05, 0) is 30.5 Å². The Kier molecular flexibility index (Phi) is 3.96. The largest absolute Gasteiger partial charge is 0.408 e. The topological polar surface area (TPSA) is 54.2 Å². The molecule has 2 heterocycles. The number of halogens is 3. The Morgan fingerprint density at radius 2 is 2.21 bits per heavy atom. The number of hydrogen-bond acceptors (Lipinski definition) is 4. The molecule has 2 atom stereocenters. The van der Waals surface area contributed by atoms with Crippen molar-refractivity contribution < 1.29 is 13.2 Å². The molecule has 1 aliphatic rings. The van der Waals surface area contributed by atoms with Gasteiger partial charge < -0.3 is 5.43 Å². The molecule has 0 bridgehead atoms. The van der Waals surface area contributed by atoms with E-state index in [0.717, 1.165) is 6.42 Å². The molecule has 1 fully saturated rings. The zero-order valence-electron chi connectivity index (χ0n) is 10.6. The fourth-order valence-corrected chi connectivity index (χ4v) is 2.46. The molecule has 2 rings (SSSR count). The fourth-order valence-electron chi connectivity index (χ4n) is 2.46. The first-order chi connectivity index (χ1) is 8.91. The van der Waals surface area contributed by atoms with Crippen LogP contribution >= 0.6 is 0 Å². The first-order valence-corrected chi connectivity index (χ1v) is 6.15. The maximum atomic E-state index is 13.3. The van der Waals surface area contributed by atoms with Crippen LogP contribution in [0, 0.1) is 5.92 Å². The molecule has 0 spiro atoms. The number of pyridine rings is 1. The van der Waals surface area contributed by atoms with Crippen molar-refractivity contribution in [2.45, 2.75) is 25.6 Å². The zero-order chi connectivity index (χ0) is 14.0. The zero-order valence-corrected chi connectivity index (χ0v) is 10.6. The minimum Gasteiger partial charge on any atom is -0.308 e. The van der Waals surface area contributed by atoms with Crippen molar-refractivity contribution in [1.29, 1.82) is 0 Å². The molecule has 0 aromatic carbocycles. The standard InChI is InChI=1S/C12H17F3N4/c1-8-4-5-19(7-8)11(12(13,14)15)9-2-3-10(18-16)17-6-9/h2-3,6,8,11H,4-5,7,16H2,1H3,(H,17,18)/t8?,11-/m0/s1. The maximum absolute atomic E-state index is 13.3. The minimum absolute atomic E-state index is 0.153. The van der Waals surface area contributed by atoms with Crippen LogP contribution in [0.2, 0.25) is 0 Å². The number of nitrogens with one attached hydrogen (secondary N) is 1. The van der Waals surface area contributed by atoms with E-state index in [1.165, 1.54) is 23.2 Å². The molecule has 1 aromatic rings. The SMILES string of the molecule is CC1CCN([C@@H](c2ccc(NN)nc2)C(F)(F)F)C1. The predicted octanol–water partition coefficient (Wildman–Crippen LogP) is 2.31. The number of nitrogens with zero attached hydrogens (tertiary/aromatic N) is 2. The third kappa shape index (κ3) is 3.16. The quantitative estimate of drug-likeness (QED) is 0.656. The third-order valence-electron chi connectivity index (χ3n) is 3.38. The van der Waals surface area contributed by atoms with Gasteiger partial charge in [-0.1, -0.05) is 13.0 Å². The number of alkyl halides is 3. The van der Waals surface area contributed by atoms with Crippen LogP contribution in [0.15, 0.2) is 18.3 Å². The fraction of sp³-hybridized carbons (Fsp3) is 0.583. The van der Waals surface area contributed by atoms with Gasteiger partial charge in [-0.25, -0.2) is 10.8 Å². The molecule has 0 aliphatic carbocycles. The monoisotopic (exact) mass is 274 g/mol. The summed E-state index contributed by atoms with van der Waals surface area (Å²) in [7, 11) is 0. The molecule has 4 nitrogen and oxygen atoms in total. The molecular weight excluding hydrogens is 257 g/mol. The molecule has 0 radical (unpaired) electrons. The first kappa shape index (κ1) is 14.1. The molecule has 19 heavy (non-hydrogen) atoms. The van der Waals surface area contributed by atoms with Gasteiger partial charge in [0.25, 0.3) is 0 Å². The summed E-state index contributed by atoms with van der Waals surface area (Å²) in [5, 5.41) is 0. The van der Waals surface area contributed by atoms with Gasteiger partial charge in [-0.2, -0.15) is 13.2 Å². The van der Waals surface area contributed by atoms with Gasteiger partial charge in [0.15, 0.2) is 0 Å². The Bertz CT molecular complexity index is 418. The van der Waals surface area contributed by atoms with Crippen molar-refractivity contribution >= 4 is 5.82 Å². The van der Waals surface area contributed by atoms with E-state index >= 15 is 0 Å². The lowest BCUT2D eigenvalue weighted by atomic mass is 10.1. The maximum Gasteiger partial charge on any atom is 0.408 e. The van der Waals surface area contributed by atoms with E-state index in [4.69, 9.17) is 5.84 Å². The summed E-state index contributed by atoms with van der Waals surface area (Å²) in [6.07, 6.45) is -2.28.